The summed E-state index contributed by atoms with van der Waals surface area (Å²) in [7, 11) is 1.76. The summed E-state index contributed by atoms with van der Waals surface area (Å²) in [6.45, 7) is 7.07. The van der Waals surface area contributed by atoms with Crippen molar-refractivity contribution in [3.8, 4) is 0 Å². The standard InChI is InChI=1S/C12H22N2OS/c1-10-12(16-11(2)14-10)9-13-7-5-4-6-8-15-3/h13H,4-9H2,1-3H3. The Kier molecular flexibility index (Phi) is 6.61. The van der Waals surface area contributed by atoms with E-state index >= 15 is 0 Å². The number of aromatic nitrogens is 1. The van der Waals surface area contributed by atoms with Crippen LogP contribution in [0.5, 0.6) is 0 Å². The number of nitrogens with one attached hydrogen (secondary N) is 1. The zero-order valence-corrected chi connectivity index (χ0v) is 11.3. The van der Waals surface area contributed by atoms with Crippen LogP contribution in [-0.2, 0) is 11.3 Å². The molecule has 0 radical (unpaired) electrons. The lowest BCUT2D eigenvalue weighted by atomic mass is 10.2. The van der Waals surface area contributed by atoms with Gasteiger partial charge in [-0.3, -0.25) is 0 Å². The quantitative estimate of drug-likeness (QED) is 0.712. The first-order chi connectivity index (χ1) is 7.74. The Labute approximate surface area is 102 Å². The number of aryl methyl sites for hydroxylation is 2. The summed E-state index contributed by atoms with van der Waals surface area (Å²) in [6, 6.07) is 0. The van der Waals surface area contributed by atoms with Crippen molar-refractivity contribution in [1.82, 2.24) is 10.3 Å². The largest absolute Gasteiger partial charge is 0.385 e. The van der Waals surface area contributed by atoms with Crippen LogP contribution in [0.3, 0.4) is 0 Å². The number of rotatable bonds is 8. The van der Waals surface area contributed by atoms with Crippen molar-refractivity contribution in [1.29, 1.82) is 0 Å². The Morgan fingerprint density at radius 3 is 2.69 bits per heavy atom. The van der Waals surface area contributed by atoms with E-state index in [1.165, 1.54) is 23.4 Å². The molecule has 1 rings (SSSR count). The minimum atomic E-state index is 0.882. The SMILES string of the molecule is COCCCCCNCc1sc(C)nc1C. The van der Waals surface area contributed by atoms with Gasteiger partial charge in [-0.2, -0.15) is 0 Å². The highest BCUT2D eigenvalue weighted by atomic mass is 32.1. The van der Waals surface area contributed by atoms with E-state index in [1.807, 2.05) is 0 Å². The minimum Gasteiger partial charge on any atom is -0.385 e. The predicted octanol–water partition coefficient (Wildman–Crippen LogP) is 2.67. The second-order valence-corrected chi connectivity index (χ2v) is 5.26. The fourth-order valence-corrected chi connectivity index (χ4v) is 2.52. The summed E-state index contributed by atoms with van der Waals surface area (Å²) in [6.07, 6.45) is 3.62. The van der Waals surface area contributed by atoms with Gasteiger partial charge in [-0.15, -0.1) is 11.3 Å². The average Bonchev–Trinajstić information content (AvgIpc) is 2.56. The van der Waals surface area contributed by atoms with Crippen molar-refractivity contribution in [3.63, 3.8) is 0 Å². The van der Waals surface area contributed by atoms with E-state index in [0.717, 1.165) is 31.1 Å². The van der Waals surface area contributed by atoms with E-state index in [9.17, 15) is 0 Å². The fourth-order valence-electron chi connectivity index (χ4n) is 1.61. The molecule has 0 fully saturated rings. The highest BCUT2D eigenvalue weighted by molar-refractivity contribution is 7.11. The summed E-state index contributed by atoms with van der Waals surface area (Å²) >= 11 is 1.79. The van der Waals surface area contributed by atoms with Crippen LogP contribution in [-0.4, -0.2) is 25.2 Å². The molecule has 0 aliphatic heterocycles. The van der Waals surface area contributed by atoms with Crippen LogP contribution in [0.4, 0.5) is 0 Å². The first kappa shape index (κ1) is 13.6. The summed E-state index contributed by atoms with van der Waals surface area (Å²) in [4.78, 5) is 5.78. The van der Waals surface area contributed by atoms with Crippen LogP contribution in [0.1, 0.15) is 34.8 Å². The zero-order chi connectivity index (χ0) is 11.8. The lowest BCUT2D eigenvalue weighted by Crippen LogP contribution is -2.14. The van der Waals surface area contributed by atoms with Crippen LogP contribution in [0.2, 0.25) is 0 Å². The predicted molar refractivity (Wildman–Crippen MR) is 69.0 cm³/mol. The summed E-state index contributed by atoms with van der Waals surface area (Å²) < 4.78 is 5.01. The molecular weight excluding hydrogens is 220 g/mol. The molecule has 0 aliphatic rings. The number of unbranched alkanes of at least 4 members (excludes halogenated alkanes) is 2. The first-order valence-electron chi connectivity index (χ1n) is 5.86. The van der Waals surface area contributed by atoms with E-state index in [-0.39, 0.29) is 0 Å². The maximum absolute atomic E-state index is 5.01. The molecule has 0 unspecified atom stereocenters. The van der Waals surface area contributed by atoms with Gasteiger partial charge in [-0.05, 0) is 39.7 Å². The third-order valence-corrected chi connectivity index (χ3v) is 3.56. The van der Waals surface area contributed by atoms with Crippen LogP contribution < -0.4 is 5.32 Å². The van der Waals surface area contributed by atoms with E-state index < -0.39 is 0 Å². The van der Waals surface area contributed by atoms with Crippen LogP contribution in [0.15, 0.2) is 0 Å². The molecule has 92 valence electrons. The number of ether oxygens (including phenoxy) is 1. The van der Waals surface area contributed by atoms with Gasteiger partial charge in [-0.25, -0.2) is 4.98 Å². The maximum atomic E-state index is 5.01. The fraction of sp³-hybridized carbons (Fsp3) is 0.750. The Morgan fingerprint density at radius 2 is 2.06 bits per heavy atom. The lowest BCUT2D eigenvalue weighted by Gasteiger charge is -2.03. The highest BCUT2D eigenvalue weighted by Crippen LogP contribution is 2.16. The first-order valence-corrected chi connectivity index (χ1v) is 6.68. The number of hydrogen-bond donors (Lipinski definition) is 1. The molecule has 0 bridgehead atoms. The molecule has 0 atom stereocenters. The molecular formula is C12H22N2OS. The van der Waals surface area contributed by atoms with Gasteiger partial charge in [0.15, 0.2) is 0 Å². The molecule has 1 heterocycles. The monoisotopic (exact) mass is 242 g/mol. The van der Waals surface area contributed by atoms with Gasteiger partial charge in [0.25, 0.3) is 0 Å². The molecule has 0 spiro atoms. The van der Waals surface area contributed by atoms with Crippen molar-refractivity contribution in [2.24, 2.45) is 0 Å². The lowest BCUT2D eigenvalue weighted by molar-refractivity contribution is 0.192. The normalized spacial score (nSPS) is 10.9. The smallest absolute Gasteiger partial charge is 0.0900 e. The number of methoxy groups -OCH3 is 1. The second kappa shape index (κ2) is 7.76. The Hall–Kier alpha value is -0.450. The number of nitrogens with zero attached hydrogens (tertiary/aromatic N) is 1. The molecule has 0 aromatic carbocycles. The molecule has 3 nitrogen and oxygen atoms in total. The van der Waals surface area contributed by atoms with Crippen molar-refractivity contribution < 1.29 is 4.74 Å². The van der Waals surface area contributed by atoms with Gasteiger partial charge in [0.05, 0.1) is 10.7 Å². The minimum absolute atomic E-state index is 0.882. The van der Waals surface area contributed by atoms with E-state index in [1.54, 1.807) is 18.4 Å². The van der Waals surface area contributed by atoms with Gasteiger partial charge in [0, 0.05) is 25.1 Å². The van der Waals surface area contributed by atoms with Gasteiger partial charge >= 0.3 is 0 Å². The summed E-state index contributed by atoms with van der Waals surface area (Å²) in [5, 5.41) is 4.62. The molecule has 4 heteroatoms. The van der Waals surface area contributed by atoms with Gasteiger partial charge < -0.3 is 10.1 Å². The van der Waals surface area contributed by atoms with Gasteiger partial charge in [0.2, 0.25) is 0 Å². The summed E-state index contributed by atoms with van der Waals surface area (Å²) in [5.74, 6) is 0. The number of thiazole rings is 1. The van der Waals surface area contributed by atoms with Gasteiger partial charge in [-0.1, -0.05) is 0 Å². The highest BCUT2D eigenvalue weighted by Gasteiger charge is 2.03. The topological polar surface area (TPSA) is 34.1 Å². The molecule has 1 aromatic rings. The number of hydrogen-bond acceptors (Lipinski definition) is 4. The van der Waals surface area contributed by atoms with Crippen molar-refractivity contribution >= 4 is 11.3 Å². The third-order valence-electron chi connectivity index (χ3n) is 2.49. The molecule has 0 amide bonds. The van der Waals surface area contributed by atoms with E-state index in [0.29, 0.717) is 0 Å². The molecule has 0 aliphatic carbocycles. The third kappa shape index (κ3) is 5.05. The zero-order valence-electron chi connectivity index (χ0n) is 10.5. The molecule has 1 aromatic heterocycles. The van der Waals surface area contributed by atoms with Crippen LogP contribution >= 0.6 is 11.3 Å². The second-order valence-electron chi connectivity index (χ2n) is 3.97. The summed E-state index contributed by atoms with van der Waals surface area (Å²) in [5.41, 5.74) is 1.18. The molecule has 16 heavy (non-hydrogen) atoms. The molecule has 1 N–H and O–H groups in total. The van der Waals surface area contributed by atoms with E-state index in [2.05, 4.69) is 24.1 Å². The van der Waals surface area contributed by atoms with E-state index in [4.69, 9.17) is 4.74 Å². The molecule has 0 saturated heterocycles. The Morgan fingerprint density at radius 1 is 1.25 bits per heavy atom. The van der Waals surface area contributed by atoms with Crippen LogP contribution in [0.25, 0.3) is 0 Å². The Bertz CT molecular complexity index is 299. The Balaban J connectivity index is 2.05. The van der Waals surface area contributed by atoms with Crippen LogP contribution in [0, 0.1) is 13.8 Å². The van der Waals surface area contributed by atoms with Crippen molar-refractivity contribution in [2.75, 3.05) is 20.3 Å². The van der Waals surface area contributed by atoms with Crippen molar-refractivity contribution in [3.05, 3.63) is 15.6 Å². The molecule has 0 saturated carbocycles. The maximum Gasteiger partial charge on any atom is 0.0900 e. The average molecular weight is 242 g/mol. The van der Waals surface area contributed by atoms with Gasteiger partial charge in [0.1, 0.15) is 0 Å². The van der Waals surface area contributed by atoms with Crippen molar-refractivity contribution in [2.45, 2.75) is 39.7 Å².